The predicted octanol–water partition coefficient (Wildman–Crippen LogP) is 3.93. The van der Waals surface area contributed by atoms with E-state index in [1.54, 1.807) is 4.68 Å². The summed E-state index contributed by atoms with van der Waals surface area (Å²) in [5.74, 6) is 1.63. The van der Waals surface area contributed by atoms with E-state index in [0.29, 0.717) is 16.8 Å². The van der Waals surface area contributed by atoms with Crippen LogP contribution in [0.3, 0.4) is 0 Å². The molecule has 0 bridgehead atoms. The van der Waals surface area contributed by atoms with E-state index >= 15 is 0 Å². The van der Waals surface area contributed by atoms with Crippen molar-refractivity contribution < 1.29 is 9.84 Å². The van der Waals surface area contributed by atoms with E-state index in [0.717, 1.165) is 22.6 Å². The molecule has 0 saturated carbocycles. The van der Waals surface area contributed by atoms with E-state index in [2.05, 4.69) is 48.4 Å². The molecule has 148 valence electrons. The molecule has 0 aliphatic carbocycles. The number of thioether (sulfide) groups is 1. The number of benzene rings is 2. The third-order valence-electron chi connectivity index (χ3n) is 4.40. The van der Waals surface area contributed by atoms with Gasteiger partial charge >= 0.3 is 0 Å². The Morgan fingerprint density at radius 3 is 2.68 bits per heavy atom. The molecule has 0 amide bonds. The van der Waals surface area contributed by atoms with E-state index in [9.17, 15) is 5.11 Å². The molecule has 3 rings (SSSR count). The van der Waals surface area contributed by atoms with E-state index in [4.69, 9.17) is 4.74 Å². The van der Waals surface area contributed by atoms with Crippen molar-refractivity contribution in [2.75, 3.05) is 12.4 Å². The largest absolute Gasteiger partial charge is 0.491 e. The molecular formula is C21H26N4O2S. The Balaban J connectivity index is 1.60. The molecule has 2 aromatic carbocycles. The molecule has 7 heteroatoms. The van der Waals surface area contributed by atoms with Crippen LogP contribution in [0.15, 0.2) is 47.6 Å². The first kappa shape index (κ1) is 20.4. The summed E-state index contributed by atoms with van der Waals surface area (Å²) in [6, 6.07) is 14.1. The van der Waals surface area contributed by atoms with Gasteiger partial charge in [-0.1, -0.05) is 61.5 Å². The third kappa shape index (κ3) is 4.91. The van der Waals surface area contributed by atoms with Crippen molar-refractivity contribution in [3.63, 3.8) is 0 Å². The monoisotopic (exact) mass is 398 g/mol. The van der Waals surface area contributed by atoms with Crippen molar-refractivity contribution in [1.29, 1.82) is 0 Å². The summed E-state index contributed by atoms with van der Waals surface area (Å²) in [7, 11) is 0. The number of aryl methyl sites for hydroxylation is 2. The van der Waals surface area contributed by atoms with Gasteiger partial charge in [0.05, 0.1) is 11.8 Å². The Hall–Kier alpha value is -2.38. The fraction of sp³-hybridized carbons (Fsp3) is 0.381. The molecule has 1 atom stereocenters. The second-order valence-corrected chi connectivity index (χ2v) is 8.12. The zero-order valence-electron chi connectivity index (χ0n) is 16.7. The molecule has 0 aliphatic rings. The molecule has 6 nitrogen and oxygen atoms in total. The van der Waals surface area contributed by atoms with Gasteiger partial charge in [0.1, 0.15) is 12.4 Å². The minimum atomic E-state index is -0.630. The quantitative estimate of drug-likeness (QED) is 0.580. The lowest BCUT2D eigenvalue weighted by molar-refractivity contribution is 0.125. The van der Waals surface area contributed by atoms with Crippen LogP contribution in [0.25, 0.3) is 5.69 Å². The highest BCUT2D eigenvalue weighted by Crippen LogP contribution is 2.26. The Labute approximate surface area is 169 Å². The molecule has 1 aromatic heterocycles. The number of para-hydroxylation sites is 1. The standard InChI is InChI=1S/C21H26N4O2S/c1-14(2)18-7-5-6-8-20(18)27-12-17(26)13-28-21-22-23-24-25(21)19-10-9-15(3)11-16(19)4/h5-11,14,17,26H,12-13H2,1-4H3/t17-/m0/s1. The highest BCUT2D eigenvalue weighted by atomic mass is 32.2. The van der Waals surface area contributed by atoms with Crippen LogP contribution >= 0.6 is 11.8 Å². The Morgan fingerprint density at radius 1 is 1.14 bits per heavy atom. The Morgan fingerprint density at radius 2 is 1.93 bits per heavy atom. The number of tetrazole rings is 1. The number of aliphatic hydroxyl groups excluding tert-OH is 1. The van der Waals surface area contributed by atoms with Crippen molar-refractivity contribution in [1.82, 2.24) is 20.2 Å². The third-order valence-corrected chi connectivity index (χ3v) is 5.46. The molecule has 3 aromatic rings. The number of aliphatic hydroxyl groups is 1. The molecule has 28 heavy (non-hydrogen) atoms. The van der Waals surface area contributed by atoms with Crippen molar-refractivity contribution in [3.8, 4) is 11.4 Å². The molecule has 0 spiro atoms. The first-order chi connectivity index (χ1) is 13.5. The van der Waals surface area contributed by atoms with Gasteiger partial charge in [-0.05, 0) is 53.5 Å². The number of rotatable bonds is 8. The van der Waals surface area contributed by atoms with Crippen LogP contribution in [-0.2, 0) is 0 Å². The van der Waals surface area contributed by atoms with Crippen LogP contribution < -0.4 is 4.74 Å². The summed E-state index contributed by atoms with van der Waals surface area (Å²) < 4.78 is 7.56. The normalized spacial score (nSPS) is 12.4. The van der Waals surface area contributed by atoms with Gasteiger partial charge in [-0.15, -0.1) is 5.10 Å². The summed E-state index contributed by atoms with van der Waals surface area (Å²) in [4.78, 5) is 0. The molecule has 0 fully saturated rings. The van der Waals surface area contributed by atoms with E-state index in [1.807, 2.05) is 37.3 Å². The number of hydrogen-bond donors (Lipinski definition) is 1. The van der Waals surface area contributed by atoms with E-state index in [-0.39, 0.29) is 6.61 Å². The fourth-order valence-corrected chi connectivity index (χ4v) is 3.75. The van der Waals surface area contributed by atoms with Crippen LogP contribution in [0.1, 0.15) is 36.5 Å². The molecular weight excluding hydrogens is 372 g/mol. The zero-order chi connectivity index (χ0) is 20.1. The topological polar surface area (TPSA) is 73.1 Å². The molecule has 0 unspecified atom stereocenters. The van der Waals surface area contributed by atoms with Gasteiger partial charge < -0.3 is 9.84 Å². The summed E-state index contributed by atoms with van der Waals surface area (Å²) >= 11 is 1.41. The minimum absolute atomic E-state index is 0.224. The number of hydrogen-bond acceptors (Lipinski definition) is 6. The average molecular weight is 399 g/mol. The van der Waals surface area contributed by atoms with E-state index < -0.39 is 6.10 Å². The van der Waals surface area contributed by atoms with Crippen LogP contribution in [0.5, 0.6) is 5.75 Å². The minimum Gasteiger partial charge on any atom is -0.491 e. The lowest BCUT2D eigenvalue weighted by Gasteiger charge is -2.16. The van der Waals surface area contributed by atoms with Gasteiger partial charge in [0.25, 0.3) is 0 Å². The van der Waals surface area contributed by atoms with Crippen molar-refractivity contribution in [2.24, 2.45) is 0 Å². The van der Waals surface area contributed by atoms with Crippen LogP contribution in [0.4, 0.5) is 0 Å². The maximum atomic E-state index is 10.4. The number of aromatic nitrogens is 4. The fourth-order valence-electron chi connectivity index (χ4n) is 2.96. The molecule has 1 N–H and O–H groups in total. The lowest BCUT2D eigenvalue weighted by Crippen LogP contribution is -2.21. The predicted molar refractivity (Wildman–Crippen MR) is 111 cm³/mol. The number of ether oxygens (including phenoxy) is 1. The number of nitrogens with zero attached hydrogens (tertiary/aromatic N) is 4. The van der Waals surface area contributed by atoms with Crippen LogP contribution in [0.2, 0.25) is 0 Å². The maximum Gasteiger partial charge on any atom is 0.214 e. The summed E-state index contributed by atoms with van der Waals surface area (Å²) in [6.07, 6.45) is -0.630. The van der Waals surface area contributed by atoms with E-state index in [1.165, 1.54) is 17.3 Å². The highest BCUT2D eigenvalue weighted by molar-refractivity contribution is 7.99. The SMILES string of the molecule is Cc1ccc(-n2nnnc2SC[C@@H](O)COc2ccccc2C(C)C)c(C)c1. The van der Waals surface area contributed by atoms with Gasteiger partial charge in [0.2, 0.25) is 5.16 Å². The summed E-state index contributed by atoms with van der Waals surface area (Å²) in [6.45, 7) is 8.57. The van der Waals surface area contributed by atoms with Gasteiger partial charge in [0, 0.05) is 5.75 Å². The van der Waals surface area contributed by atoms with Crippen molar-refractivity contribution >= 4 is 11.8 Å². The van der Waals surface area contributed by atoms with Gasteiger partial charge in [-0.25, -0.2) is 0 Å². The maximum absolute atomic E-state index is 10.4. The lowest BCUT2D eigenvalue weighted by atomic mass is 10.0. The molecule has 0 aliphatic heterocycles. The van der Waals surface area contributed by atoms with Gasteiger partial charge in [-0.2, -0.15) is 4.68 Å². The Bertz CT molecular complexity index is 926. The van der Waals surface area contributed by atoms with Crippen LogP contribution in [-0.4, -0.2) is 43.8 Å². The van der Waals surface area contributed by atoms with Crippen molar-refractivity contribution in [2.45, 2.75) is 44.9 Å². The average Bonchev–Trinajstić information content (AvgIpc) is 3.13. The zero-order valence-corrected chi connectivity index (χ0v) is 17.5. The first-order valence-corrected chi connectivity index (χ1v) is 10.3. The smallest absolute Gasteiger partial charge is 0.214 e. The second kappa shape index (κ2) is 9.21. The molecule has 0 radical (unpaired) electrons. The second-order valence-electron chi connectivity index (χ2n) is 7.13. The highest BCUT2D eigenvalue weighted by Gasteiger charge is 2.15. The summed E-state index contributed by atoms with van der Waals surface area (Å²) in [5.41, 5.74) is 4.37. The van der Waals surface area contributed by atoms with Gasteiger partial charge in [-0.3, -0.25) is 0 Å². The molecule has 1 heterocycles. The Kier molecular flexibility index (Phi) is 6.70. The summed E-state index contributed by atoms with van der Waals surface area (Å²) in [5, 5.41) is 23.0. The molecule has 0 saturated heterocycles. The van der Waals surface area contributed by atoms with Crippen molar-refractivity contribution in [3.05, 3.63) is 59.2 Å². The first-order valence-electron chi connectivity index (χ1n) is 9.34. The van der Waals surface area contributed by atoms with Gasteiger partial charge in [0.15, 0.2) is 0 Å². The van der Waals surface area contributed by atoms with Crippen LogP contribution in [0, 0.1) is 13.8 Å².